The number of hydrogen-bond donors (Lipinski definition) is 0. The lowest BCUT2D eigenvalue weighted by Gasteiger charge is -2.09. The highest BCUT2D eigenvalue weighted by Gasteiger charge is 2.22. The maximum atomic E-state index is 14.3. The number of benzene rings is 2. The van der Waals surface area contributed by atoms with Crippen molar-refractivity contribution in [1.29, 1.82) is 0 Å². The molecule has 6 heteroatoms. The van der Waals surface area contributed by atoms with Gasteiger partial charge in [-0.25, -0.2) is 22.8 Å². The minimum atomic E-state index is -2.70. The predicted molar refractivity (Wildman–Crippen MR) is 98.7 cm³/mol. The Morgan fingerprint density at radius 2 is 1.67 bits per heavy atom. The third-order valence-electron chi connectivity index (χ3n) is 4.51. The van der Waals surface area contributed by atoms with Crippen molar-refractivity contribution in [2.75, 3.05) is 0 Å². The quantitative estimate of drug-likeness (QED) is 0.459. The monoisotopic (exact) mass is 367 g/mol. The molecule has 0 N–H and O–H groups in total. The first-order valence-electron chi connectivity index (χ1n) is 8.46. The Labute approximate surface area is 154 Å². The Morgan fingerprint density at radius 3 is 2.33 bits per heavy atom. The third kappa shape index (κ3) is 2.97. The van der Waals surface area contributed by atoms with Crippen molar-refractivity contribution in [3.8, 4) is 16.9 Å². The molecule has 0 aliphatic carbocycles. The molecular weight excluding hydrogens is 351 g/mol. The Bertz CT molecular complexity index is 1130. The molecule has 4 aromatic rings. The molecule has 0 amide bonds. The van der Waals surface area contributed by atoms with Crippen LogP contribution in [0.15, 0.2) is 54.6 Å². The van der Waals surface area contributed by atoms with Gasteiger partial charge in [-0.15, -0.1) is 0 Å². The summed E-state index contributed by atoms with van der Waals surface area (Å²) in [5, 5.41) is 4.55. The maximum Gasteiger partial charge on any atom is 0.264 e. The molecule has 0 radical (unpaired) electrons. The smallest absolute Gasteiger partial charge is 0.228 e. The lowest BCUT2D eigenvalue weighted by Crippen LogP contribution is -2.02. The van der Waals surface area contributed by atoms with Crippen molar-refractivity contribution in [1.82, 2.24) is 14.8 Å². The van der Waals surface area contributed by atoms with E-state index in [1.54, 1.807) is 25.1 Å². The number of pyridine rings is 1. The predicted octanol–water partition coefficient (Wildman–Crippen LogP) is 5.78. The van der Waals surface area contributed by atoms with E-state index in [-0.39, 0.29) is 22.3 Å². The summed E-state index contributed by atoms with van der Waals surface area (Å²) in [6.07, 6.45) is -2.70. The summed E-state index contributed by atoms with van der Waals surface area (Å²) in [4.78, 5) is 4.56. The van der Waals surface area contributed by atoms with E-state index in [4.69, 9.17) is 0 Å². The minimum Gasteiger partial charge on any atom is -0.228 e. The SMILES string of the molecule is Cc1ccc(-c2cc(C(F)F)c3c(C)nn(-c4ccccc4F)c3n2)cc1. The van der Waals surface area contributed by atoms with E-state index in [2.05, 4.69) is 10.1 Å². The van der Waals surface area contributed by atoms with Crippen LogP contribution in [0.3, 0.4) is 0 Å². The summed E-state index contributed by atoms with van der Waals surface area (Å²) in [7, 11) is 0. The van der Waals surface area contributed by atoms with Crippen LogP contribution in [0.5, 0.6) is 0 Å². The zero-order valence-corrected chi connectivity index (χ0v) is 14.7. The molecular formula is C21H16F3N3. The van der Waals surface area contributed by atoms with Gasteiger partial charge in [0.05, 0.1) is 16.8 Å². The van der Waals surface area contributed by atoms with E-state index in [9.17, 15) is 13.2 Å². The molecule has 0 aliphatic heterocycles. The Morgan fingerprint density at radius 1 is 0.963 bits per heavy atom. The van der Waals surface area contributed by atoms with Gasteiger partial charge in [-0.2, -0.15) is 5.10 Å². The highest BCUT2D eigenvalue weighted by molar-refractivity contribution is 5.86. The second-order valence-corrected chi connectivity index (χ2v) is 6.41. The first-order chi connectivity index (χ1) is 13.0. The van der Waals surface area contributed by atoms with Gasteiger partial charge >= 0.3 is 0 Å². The average molecular weight is 367 g/mol. The largest absolute Gasteiger partial charge is 0.264 e. The molecule has 2 aromatic carbocycles. The molecule has 0 unspecified atom stereocenters. The van der Waals surface area contributed by atoms with Gasteiger partial charge < -0.3 is 0 Å². The van der Waals surface area contributed by atoms with Gasteiger partial charge in [0.1, 0.15) is 11.5 Å². The lowest BCUT2D eigenvalue weighted by molar-refractivity contribution is 0.153. The Balaban J connectivity index is 2.05. The summed E-state index contributed by atoms with van der Waals surface area (Å²) >= 11 is 0. The van der Waals surface area contributed by atoms with Crippen LogP contribution in [0.4, 0.5) is 13.2 Å². The molecule has 27 heavy (non-hydrogen) atoms. The van der Waals surface area contributed by atoms with E-state index in [0.717, 1.165) is 5.56 Å². The van der Waals surface area contributed by atoms with Crippen molar-refractivity contribution < 1.29 is 13.2 Å². The second-order valence-electron chi connectivity index (χ2n) is 6.41. The van der Waals surface area contributed by atoms with Crippen LogP contribution >= 0.6 is 0 Å². The van der Waals surface area contributed by atoms with Crippen LogP contribution in [0.25, 0.3) is 28.0 Å². The van der Waals surface area contributed by atoms with Crippen LogP contribution in [-0.4, -0.2) is 14.8 Å². The molecule has 4 rings (SSSR count). The number of nitrogens with zero attached hydrogens (tertiary/aromatic N) is 3. The maximum absolute atomic E-state index is 14.3. The number of alkyl halides is 2. The molecule has 136 valence electrons. The highest BCUT2D eigenvalue weighted by atomic mass is 19.3. The fraction of sp³-hybridized carbons (Fsp3) is 0.143. The number of para-hydroxylation sites is 1. The summed E-state index contributed by atoms with van der Waals surface area (Å²) in [5.41, 5.74) is 2.78. The van der Waals surface area contributed by atoms with Crippen molar-refractivity contribution in [2.24, 2.45) is 0 Å². The van der Waals surface area contributed by atoms with E-state index < -0.39 is 12.2 Å². The van der Waals surface area contributed by atoms with E-state index in [1.807, 2.05) is 31.2 Å². The van der Waals surface area contributed by atoms with Crippen LogP contribution in [0.2, 0.25) is 0 Å². The molecule has 0 saturated heterocycles. The minimum absolute atomic E-state index is 0.157. The second kappa shape index (κ2) is 6.54. The van der Waals surface area contributed by atoms with Crippen molar-refractivity contribution in [2.45, 2.75) is 20.3 Å². The summed E-state index contributed by atoms with van der Waals surface area (Å²) in [6.45, 7) is 3.57. The zero-order chi connectivity index (χ0) is 19.1. The topological polar surface area (TPSA) is 30.7 Å². The molecule has 0 atom stereocenters. The van der Waals surface area contributed by atoms with Crippen molar-refractivity contribution >= 4 is 11.0 Å². The summed E-state index contributed by atoms with van der Waals surface area (Å²) in [5.74, 6) is -0.497. The molecule has 2 aromatic heterocycles. The molecule has 0 bridgehead atoms. The van der Waals surface area contributed by atoms with Crippen LogP contribution in [-0.2, 0) is 0 Å². The average Bonchev–Trinajstić information content (AvgIpc) is 2.98. The molecule has 0 saturated carbocycles. The molecule has 0 spiro atoms. The van der Waals surface area contributed by atoms with Crippen LogP contribution in [0, 0.1) is 19.7 Å². The normalized spacial score (nSPS) is 11.5. The third-order valence-corrected chi connectivity index (χ3v) is 4.51. The standard InChI is InChI=1S/C21H16F3N3/c1-12-7-9-14(10-8-12)17-11-15(20(23)24)19-13(2)26-27(21(19)25-17)18-6-4-3-5-16(18)22/h3-11,20H,1-2H3. The van der Waals surface area contributed by atoms with Gasteiger partial charge in [0.2, 0.25) is 0 Å². The van der Waals surface area contributed by atoms with E-state index >= 15 is 0 Å². The van der Waals surface area contributed by atoms with Crippen LogP contribution < -0.4 is 0 Å². The van der Waals surface area contributed by atoms with Gasteiger partial charge in [-0.1, -0.05) is 42.0 Å². The number of halogens is 3. The molecule has 0 aliphatic rings. The number of aromatic nitrogens is 3. The van der Waals surface area contributed by atoms with Crippen molar-refractivity contribution in [3.05, 3.63) is 77.2 Å². The first kappa shape index (κ1) is 17.3. The van der Waals surface area contributed by atoms with Gasteiger partial charge in [0, 0.05) is 11.1 Å². The molecule has 3 nitrogen and oxygen atoms in total. The number of fused-ring (bicyclic) bond motifs is 1. The Kier molecular flexibility index (Phi) is 4.18. The summed E-state index contributed by atoms with van der Waals surface area (Å²) < 4.78 is 43.2. The van der Waals surface area contributed by atoms with E-state index in [1.165, 1.54) is 16.8 Å². The highest BCUT2D eigenvalue weighted by Crippen LogP contribution is 2.34. The lowest BCUT2D eigenvalue weighted by atomic mass is 10.0. The van der Waals surface area contributed by atoms with Gasteiger partial charge in [-0.3, -0.25) is 0 Å². The first-order valence-corrected chi connectivity index (χ1v) is 8.46. The van der Waals surface area contributed by atoms with Gasteiger partial charge in [-0.05, 0) is 32.0 Å². The number of aryl methyl sites for hydroxylation is 2. The molecule has 2 heterocycles. The molecule has 0 fully saturated rings. The van der Waals surface area contributed by atoms with Crippen molar-refractivity contribution in [3.63, 3.8) is 0 Å². The number of hydrogen-bond acceptors (Lipinski definition) is 2. The van der Waals surface area contributed by atoms with Crippen LogP contribution in [0.1, 0.15) is 23.2 Å². The van der Waals surface area contributed by atoms with E-state index in [0.29, 0.717) is 17.0 Å². The fourth-order valence-corrected chi connectivity index (χ4v) is 3.16. The van der Waals surface area contributed by atoms with Gasteiger partial charge in [0.15, 0.2) is 5.65 Å². The fourth-order valence-electron chi connectivity index (χ4n) is 3.16. The number of rotatable bonds is 3. The van der Waals surface area contributed by atoms with Gasteiger partial charge in [0.25, 0.3) is 6.43 Å². The Hall–Kier alpha value is -3.15. The zero-order valence-electron chi connectivity index (χ0n) is 14.7. The summed E-state index contributed by atoms with van der Waals surface area (Å²) in [6, 6.07) is 14.9.